The van der Waals surface area contributed by atoms with Gasteiger partial charge in [-0.05, 0) is 29.0 Å². The molecule has 0 unspecified atom stereocenters. The predicted molar refractivity (Wildman–Crippen MR) is 123 cm³/mol. The molecule has 4 aromatic rings. The van der Waals surface area contributed by atoms with Crippen molar-refractivity contribution in [3.63, 3.8) is 0 Å². The average Bonchev–Trinajstić information content (AvgIpc) is 3.29. The Morgan fingerprint density at radius 3 is 2.37 bits per heavy atom. The molecule has 11 heteroatoms. The van der Waals surface area contributed by atoms with E-state index in [-0.39, 0.29) is 29.4 Å². The molecular formula is C24H18N2O9. The van der Waals surface area contributed by atoms with Crippen LogP contribution < -0.4 is 16.0 Å². The van der Waals surface area contributed by atoms with Crippen LogP contribution in [0.5, 0.6) is 5.75 Å². The fourth-order valence-corrected chi connectivity index (χ4v) is 3.74. The van der Waals surface area contributed by atoms with Crippen molar-refractivity contribution in [3.05, 3.63) is 81.5 Å². The van der Waals surface area contributed by atoms with E-state index in [0.29, 0.717) is 10.8 Å². The zero-order valence-corrected chi connectivity index (χ0v) is 18.2. The van der Waals surface area contributed by atoms with Gasteiger partial charge in [-0.2, -0.15) is 0 Å². The molecule has 0 aliphatic rings. The molecule has 11 nitrogen and oxygen atoms in total. The molecule has 0 atom stereocenters. The summed E-state index contributed by atoms with van der Waals surface area (Å²) in [5.74, 6) is -4.11. The van der Waals surface area contributed by atoms with Crippen LogP contribution in [0.3, 0.4) is 0 Å². The lowest BCUT2D eigenvalue weighted by molar-refractivity contribution is 0.0559. The van der Waals surface area contributed by atoms with Gasteiger partial charge in [-0.1, -0.05) is 30.3 Å². The molecular weight excluding hydrogens is 460 g/mol. The second-order valence-electron chi connectivity index (χ2n) is 7.31. The highest BCUT2D eigenvalue weighted by molar-refractivity contribution is 6.13. The van der Waals surface area contributed by atoms with Crippen molar-refractivity contribution >= 4 is 34.5 Å². The summed E-state index contributed by atoms with van der Waals surface area (Å²) in [4.78, 5) is 50.5. The maximum atomic E-state index is 12.6. The number of carbonyl (C=O) groups is 3. The number of methoxy groups -OCH3 is 1. The number of nitrogens with two attached hydrogens (primary N) is 1. The summed E-state index contributed by atoms with van der Waals surface area (Å²) in [7, 11) is 1.20. The van der Waals surface area contributed by atoms with Crippen LogP contribution in [0.2, 0.25) is 0 Å². The van der Waals surface area contributed by atoms with Gasteiger partial charge < -0.3 is 34.8 Å². The van der Waals surface area contributed by atoms with Gasteiger partial charge in [0.05, 0.1) is 7.11 Å². The van der Waals surface area contributed by atoms with Crippen molar-refractivity contribution in [1.29, 1.82) is 0 Å². The van der Waals surface area contributed by atoms with E-state index < -0.39 is 46.0 Å². The van der Waals surface area contributed by atoms with Gasteiger partial charge in [0.2, 0.25) is 5.76 Å². The van der Waals surface area contributed by atoms with E-state index in [4.69, 9.17) is 14.9 Å². The maximum Gasteiger partial charge on any atom is 0.373 e. The molecule has 0 fully saturated rings. The summed E-state index contributed by atoms with van der Waals surface area (Å²) in [6.07, 6.45) is 0. The number of carboxylic acids is 2. The second-order valence-corrected chi connectivity index (χ2v) is 7.31. The largest absolute Gasteiger partial charge is 0.485 e. The van der Waals surface area contributed by atoms with Gasteiger partial charge in [-0.3, -0.25) is 4.79 Å². The Morgan fingerprint density at radius 2 is 1.69 bits per heavy atom. The molecule has 0 radical (unpaired) electrons. The third kappa shape index (κ3) is 4.17. The normalized spacial score (nSPS) is 10.8. The van der Waals surface area contributed by atoms with Crippen molar-refractivity contribution in [2.24, 2.45) is 0 Å². The number of furan rings is 1. The van der Waals surface area contributed by atoms with E-state index in [0.717, 1.165) is 0 Å². The quantitative estimate of drug-likeness (QED) is 0.288. The lowest BCUT2D eigenvalue weighted by Gasteiger charge is -2.18. The topological polar surface area (TPSA) is 182 Å². The molecule has 0 aliphatic heterocycles. The number of hydrogen-bond donors (Lipinski definition) is 4. The number of nitrogen functional groups attached to an aromatic ring is 1. The van der Waals surface area contributed by atoms with Gasteiger partial charge in [0, 0.05) is 11.1 Å². The van der Waals surface area contributed by atoms with Crippen molar-refractivity contribution < 1.29 is 38.5 Å². The molecule has 0 amide bonds. The number of H-pyrrole nitrogens is 1. The highest BCUT2D eigenvalue weighted by atomic mass is 16.5. The third-order valence-electron chi connectivity index (χ3n) is 5.23. The standard InChI is InChI=1S/C24H18N2O9/c1-33-24(32)15-9-7-12(35-15)10-34-14-8-6-11-4-2-3-5-13(11)16(14)17-18(22(28)29)20(25)26-21(27)19(17)23(30)31/h2-9H,10H2,1H3,(H,28,29)(H,30,31)(H3,25,26,27). The van der Waals surface area contributed by atoms with Gasteiger partial charge in [-0.15, -0.1) is 0 Å². The van der Waals surface area contributed by atoms with Crippen LogP contribution in [0.25, 0.3) is 21.9 Å². The minimum Gasteiger partial charge on any atom is -0.485 e. The first-order chi connectivity index (χ1) is 16.7. The monoisotopic (exact) mass is 478 g/mol. The molecule has 178 valence electrons. The van der Waals surface area contributed by atoms with Crippen LogP contribution in [-0.2, 0) is 11.3 Å². The summed E-state index contributed by atoms with van der Waals surface area (Å²) in [5.41, 5.74) is 3.00. The molecule has 0 saturated heterocycles. The first kappa shape index (κ1) is 23.1. The number of carbonyl (C=O) groups excluding carboxylic acids is 1. The molecule has 0 bridgehead atoms. The lowest BCUT2D eigenvalue weighted by Crippen LogP contribution is -2.24. The summed E-state index contributed by atoms with van der Waals surface area (Å²) in [5, 5.41) is 20.7. The summed E-state index contributed by atoms with van der Waals surface area (Å²) in [6.45, 7) is -0.203. The first-order valence-corrected chi connectivity index (χ1v) is 10.1. The zero-order chi connectivity index (χ0) is 25.3. The van der Waals surface area contributed by atoms with Crippen LogP contribution in [0.1, 0.15) is 37.0 Å². The number of aromatic carboxylic acids is 2. The number of esters is 1. The lowest BCUT2D eigenvalue weighted by atomic mass is 9.90. The summed E-state index contributed by atoms with van der Waals surface area (Å²) < 4.78 is 15.9. The fraction of sp³-hybridized carbons (Fsp3) is 0.0833. The number of aromatic amines is 1. The molecule has 0 saturated carbocycles. The van der Waals surface area contributed by atoms with E-state index in [1.807, 2.05) is 0 Å². The Hall–Kier alpha value is -5.06. The molecule has 5 N–H and O–H groups in total. The van der Waals surface area contributed by atoms with Crippen LogP contribution in [-0.4, -0.2) is 40.2 Å². The van der Waals surface area contributed by atoms with Crippen LogP contribution in [0, 0.1) is 0 Å². The number of aromatic nitrogens is 1. The number of rotatable bonds is 7. The second kappa shape index (κ2) is 9.06. The molecule has 0 aliphatic carbocycles. The van der Waals surface area contributed by atoms with E-state index in [9.17, 15) is 29.4 Å². The fourth-order valence-electron chi connectivity index (χ4n) is 3.74. The van der Waals surface area contributed by atoms with Crippen molar-refractivity contribution in [1.82, 2.24) is 4.98 Å². The smallest absolute Gasteiger partial charge is 0.373 e. The van der Waals surface area contributed by atoms with Crippen LogP contribution >= 0.6 is 0 Å². The molecule has 2 aromatic heterocycles. The summed E-state index contributed by atoms with van der Waals surface area (Å²) in [6, 6.07) is 12.9. The van der Waals surface area contributed by atoms with Gasteiger partial charge in [0.15, 0.2) is 0 Å². The minimum absolute atomic E-state index is 0.0477. The highest BCUT2D eigenvalue weighted by Crippen LogP contribution is 2.41. The predicted octanol–water partition coefficient (Wildman–Crippen LogP) is 3.13. The molecule has 4 rings (SSSR count). The van der Waals surface area contributed by atoms with Crippen molar-refractivity contribution in [2.45, 2.75) is 6.61 Å². The van der Waals surface area contributed by atoms with E-state index in [1.165, 1.54) is 25.3 Å². The van der Waals surface area contributed by atoms with E-state index in [1.54, 1.807) is 30.3 Å². The third-order valence-corrected chi connectivity index (χ3v) is 5.23. The van der Waals surface area contributed by atoms with E-state index >= 15 is 0 Å². The summed E-state index contributed by atoms with van der Waals surface area (Å²) >= 11 is 0. The maximum absolute atomic E-state index is 12.6. The number of carboxylic acid groups (broad SMARTS) is 2. The van der Waals surface area contributed by atoms with Gasteiger partial charge >= 0.3 is 17.9 Å². The first-order valence-electron chi connectivity index (χ1n) is 10.1. The van der Waals surface area contributed by atoms with Crippen LogP contribution in [0.15, 0.2) is 57.7 Å². The van der Waals surface area contributed by atoms with Gasteiger partial charge in [0.25, 0.3) is 5.56 Å². The Bertz CT molecular complexity index is 1550. The Kier molecular flexibility index (Phi) is 5.98. The van der Waals surface area contributed by atoms with Gasteiger partial charge in [-0.25, -0.2) is 14.4 Å². The molecule has 2 heterocycles. The Morgan fingerprint density at radius 1 is 0.971 bits per heavy atom. The van der Waals surface area contributed by atoms with Gasteiger partial charge in [0.1, 0.15) is 35.1 Å². The molecule has 0 spiro atoms. The van der Waals surface area contributed by atoms with E-state index in [2.05, 4.69) is 9.72 Å². The number of pyridine rings is 1. The molecule has 35 heavy (non-hydrogen) atoms. The number of fused-ring (bicyclic) bond motifs is 1. The molecule has 2 aromatic carbocycles. The van der Waals surface area contributed by atoms with Crippen molar-refractivity contribution in [2.75, 3.05) is 12.8 Å². The number of anilines is 1. The van der Waals surface area contributed by atoms with Crippen molar-refractivity contribution in [3.8, 4) is 16.9 Å². The minimum atomic E-state index is -1.64. The number of nitrogens with one attached hydrogen (secondary N) is 1. The highest BCUT2D eigenvalue weighted by Gasteiger charge is 2.29. The number of hydrogen-bond acceptors (Lipinski definition) is 8. The average molecular weight is 478 g/mol. The zero-order valence-electron chi connectivity index (χ0n) is 18.2. The Labute approximate surface area is 196 Å². The number of benzene rings is 2. The number of ether oxygens (including phenoxy) is 2. The Balaban J connectivity index is 1.96. The SMILES string of the molecule is COC(=O)c1ccc(COc2ccc3ccccc3c2-c2c(C(=O)O)c(N)[nH]c(=O)c2C(=O)O)o1. The van der Waals surface area contributed by atoms with Crippen LogP contribution in [0.4, 0.5) is 5.82 Å².